The van der Waals surface area contributed by atoms with Gasteiger partial charge in [-0.15, -0.1) is 0 Å². The van der Waals surface area contributed by atoms with Crippen molar-refractivity contribution in [3.05, 3.63) is 70.8 Å². The average molecular weight is 390 g/mol. The second-order valence-corrected chi connectivity index (χ2v) is 5.77. The number of nitrogens with one attached hydrogen (secondary N) is 3. The van der Waals surface area contributed by atoms with Gasteiger partial charge in [-0.1, -0.05) is 41.9 Å². The fourth-order valence-corrected chi connectivity index (χ4v) is 2.32. The summed E-state index contributed by atoms with van der Waals surface area (Å²) in [6.45, 7) is 0. The Balaban J connectivity index is 1.85. The Morgan fingerprint density at radius 1 is 1.08 bits per heavy atom. The van der Waals surface area contributed by atoms with E-state index in [4.69, 9.17) is 28.6 Å². The number of ether oxygens (including phenoxy) is 1. The van der Waals surface area contributed by atoms with Crippen LogP contribution in [0.3, 0.4) is 0 Å². The molecule has 0 atom stereocenters. The Bertz CT molecular complexity index is 855. The summed E-state index contributed by atoms with van der Waals surface area (Å²) < 4.78 is 5.11. The summed E-state index contributed by atoms with van der Waals surface area (Å²) >= 11 is 11.0. The predicted molar refractivity (Wildman–Crippen MR) is 105 cm³/mol. The lowest BCUT2D eigenvalue weighted by molar-refractivity contribution is -0.115. The van der Waals surface area contributed by atoms with Crippen molar-refractivity contribution >= 4 is 46.8 Å². The number of hydrogen-bond acceptors (Lipinski definition) is 4. The van der Waals surface area contributed by atoms with Gasteiger partial charge in [0.05, 0.1) is 12.7 Å². The summed E-state index contributed by atoms with van der Waals surface area (Å²) in [5.41, 5.74) is 5.88. The minimum absolute atomic E-state index is 0.0537. The maximum absolute atomic E-state index is 12.1. The third-order valence-corrected chi connectivity index (χ3v) is 3.75. The van der Waals surface area contributed by atoms with E-state index < -0.39 is 11.8 Å². The number of carbonyl (C=O) groups is 2. The summed E-state index contributed by atoms with van der Waals surface area (Å²) in [4.78, 5) is 24.0. The SMILES string of the molecule is COc1ccccc1C(=O)NNC(=S)NC(=O)C=Cc1ccccc1Cl. The van der Waals surface area contributed by atoms with Crippen molar-refractivity contribution in [1.82, 2.24) is 16.2 Å². The van der Waals surface area contributed by atoms with Gasteiger partial charge in [0.15, 0.2) is 5.11 Å². The molecule has 134 valence electrons. The monoisotopic (exact) mass is 389 g/mol. The topological polar surface area (TPSA) is 79.5 Å². The van der Waals surface area contributed by atoms with Crippen molar-refractivity contribution < 1.29 is 14.3 Å². The van der Waals surface area contributed by atoms with E-state index in [9.17, 15) is 9.59 Å². The van der Waals surface area contributed by atoms with Gasteiger partial charge in [-0.05, 0) is 42.1 Å². The molecule has 0 saturated carbocycles. The largest absolute Gasteiger partial charge is 0.496 e. The number of amides is 2. The summed E-state index contributed by atoms with van der Waals surface area (Å²) in [6, 6.07) is 13.8. The van der Waals surface area contributed by atoms with Gasteiger partial charge in [0, 0.05) is 11.1 Å². The van der Waals surface area contributed by atoms with Crippen molar-refractivity contribution in [3.63, 3.8) is 0 Å². The smallest absolute Gasteiger partial charge is 0.273 e. The number of para-hydroxylation sites is 1. The van der Waals surface area contributed by atoms with Crippen LogP contribution >= 0.6 is 23.8 Å². The molecule has 0 aromatic heterocycles. The summed E-state index contributed by atoms with van der Waals surface area (Å²) in [7, 11) is 1.47. The molecule has 0 saturated heterocycles. The molecular weight excluding hydrogens is 374 g/mol. The first-order valence-corrected chi connectivity index (χ1v) is 8.27. The van der Waals surface area contributed by atoms with Gasteiger partial charge in [0.1, 0.15) is 5.75 Å². The maximum Gasteiger partial charge on any atom is 0.273 e. The van der Waals surface area contributed by atoms with E-state index in [0.29, 0.717) is 21.9 Å². The second kappa shape index (κ2) is 9.55. The maximum atomic E-state index is 12.1. The quantitative estimate of drug-likeness (QED) is 0.425. The van der Waals surface area contributed by atoms with Crippen LogP contribution in [0, 0.1) is 0 Å². The molecular formula is C18H16ClN3O3S. The Hall–Kier alpha value is -2.90. The van der Waals surface area contributed by atoms with Gasteiger partial charge < -0.3 is 4.74 Å². The highest BCUT2D eigenvalue weighted by Crippen LogP contribution is 2.17. The van der Waals surface area contributed by atoms with Crippen LogP contribution in [0.1, 0.15) is 15.9 Å². The third-order valence-electron chi connectivity index (χ3n) is 3.20. The zero-order valence-corrected chi connectivity index (χ0v) is 15.4. The van der Waals surface area contributed by atoms with Crippen molar-refractivity contribution in [2.45, 2.75) is 0 Å². The van der Waals surface area contributed by atoms with Crippen molar-refractivity contribution in [2.75, 3.05) is 7.11 Å². The van der Waals surface area contributed by atoms with E-state index >= 15 is 0 Å². The zero-order valence-electron chi connectivity index (χ0n) is 13.8. The van der Waals surface area contributed by atoms with Crippen LogP contribution in [-0.4, -0.2) is 24.0 Å². The Morgan fingerprint density at radius 2 is 1.77 bits per heavy atom. The zero-order chi connectivity index (χ0) is 18.9. The van der Waals surface area contributed by atoms with E-state index in [1.807, 2.05) is 6.07 Å². The van der Waals surface area contributed by atoms with Crippen LogP contribution in [0.5, 0.6) is 5.75 Å². The van der Waals surface area contributed by atoms with Crippen LogP contribution < -0.4 is 20.9 Å². The molecule has 8 heteroatoms. The first-order chi connectivity index (χ1) is 12.5. The molecule has 2 aromatic carbocycles. The normalized spacial score (nSPS) is 10.2. The second-order valence-electron chi connectivity index (χ2n) is 4.95. The highest BCUT2D eigenvalue weighted by atomic mass is 35.5. The molecule has 2 aromatic rings. The van der Waals surface area contributed by atoms with Crippen LogP contribution in [-0.2, 0) is 4.79 Å². The molecule has 3 N–H and O–H groups in total. The molecule has 26 heavy (non-hydrogen) atoms. The van der Waals surface area contributed by atoms with Crippen LogP contribution in [0.2, 0.25) is 5.02 Å². The van der Waals surface area contributed by atoms with Crippen molar-refractivity contribution in [3.8, 4) is 5.75 Å². The number of rotatable bonds is 4. The fourth-order valence-electron chi connectivity index (χ4n) is 1.97. The van der Waals surface area contributed by atoms with Crippen molar-refractivity contribution in [1.29, 1.82) is 0 Å². The number of carbonyl (C=O) groups excluding carboxylic acids is 2. The lowest BCUT2D eigenvalue weighted by atomic mass is 10.2. The van der Waals surface area contributed by atoms with E-state index in [1.54, 1.807) is 48.5 Å². The summed E-state index contributed by atoms with van der Waals surface area (Å²) in [5, 5.41) is 2.89. The lowest BCUT2D eigenvalue weighted by Gasteiger charge is -2.11. The number of methoxy groups -OCH3 is 1. The van der Waals surface area contributed by atoms with Crippen LogP contribution in [0.4, 0.5) is 0 Å². The number of benzene rings is 2. The lowest BCUT2D eigenvalue weighted by Crippen LogP contribution is -2.48. The minimum atomic E-state index is -0.464. The molecule has 2 rings (SSSR count). The van der Waals surface area contributed by atoms with Crippen molar-refractivity contribution in [2.24, 2.45) is 0 Å². The molecule has 0 heterocycles. The average Bonchev–Trinajstić information content (AvgIpc) is 2.65. The van der Waals surface area contributed by atoms with Crippen LogP contribution in [0.15, 0.2) is 54.6 Å². The predicted octanol–water partition coefficient (Wildman–Crippen LogP) is 2.70. The van der Waals surface area contributed by atoms with Gasteiger partial charge in [0.25, 0.3) is 5.91 Å². The van der Waals surface area contributed by atoms with Gasteiger partial charge in [-0.25, -0.2) is 0 Å². The molecule has 0 aliphatic rings. The molecule has 0 unspecified atom stereocenters. The van der Waals surface area contributed by atoms with E-state index in [2.05, 4.69) is 16.2 Å². The first kappa shape index (κ1) is 19.4. The Labute approximate surface area is 161 Å². The first-order valence-electron chi connectivity index (χ1n) is 7.48. The summed E-state index contributed by atoms with van der Waals surface area (Å²) in [5.74, 6) is -0.496. The van der Waals surface area contributed by atoms with E-state index in [-0.39, 0.29) is 5.11 Å². The summed E-state index contributed by atoms with van der Waals surface area (Å²) in [6.07, 6.45) is 2.85. The third kappa shape index (κ3) is 5.58. The van der Waals surface area contributed by atoms with E-state index in [0.717, 1.165) is 0 Å². The molecule has 0 fully saturated rings. The van der Waals surface area contributed by atoms with Gasteiger partial charge in [-0.2, -0.15) is 0 Å². The Kier molecular flexibility index (Phi) is 7.13. The molecule has 2 amide bonds. The van der Waals surface area contributed by atoms with Crippen LogP contribution in [0.25, 0.3) is 6.08 Å². The standard InChI is InChI=1S/C18H16ClN3O3S/c1-25-15-9-5-3-7-13(15)17(24)21-22-18(26)20-16(23)11-10-12-6-2-4-8-14(12)19/h2-11H,1H3,(H,21,24)(H2,20,22,23,26). The molecule has 0 radical (unpaired) electrons. The van der Waals surface area contributed by atoms with Gasteiger partial charge in [0.2, 0.25) is 5.91 Å². The van der Waals surface area contributed by atoms with Gasteiger partial charge in [-0.3, -0.25) is 25.8 Å². The fraction of sp³-hybridized carbons (Fsp3) is 0.0556. The number of halogens is 1. The van der Waals surface area contributed by atoms with E-state index in [1.165, 1.54) is 13.2 Å². The minimum Gasteiger partial charge on any atom is -0.496 e. The number of thiocarbonyl (C=S) groups is 1. The molecule has 0 spiro atoms. The molecule has 0 aliphatic carbocycles. The molecule has 0 aliphatic heterocycles. The Morgan fingerprint density at radius 3 is 2.50 bits per heavy atom. The highest BCUT2D eigenvalue weighted by Gasteiger charge is 2.11. The van der Waals surface area contributed by atoms with Gasteiger partial charge >= 0.3 is 0 Å². The highest BCUT2D eigenvalue weighted by molar-refractivity contribution is 7.80. The number of hydrazine groups is 1. The molecule has 6 nitrogen and oxygen atoms in total. The molecule has 0 bridgehead atoms. The number of hydrogen-bond donors (Lipinski definition) is 3.